The van der Waals surface area contributed by atoms with Gasteiger partial charge in [-0.1, -0.05) is 33.3 Å². The summed E-state index contributed by atoms with van der Waals surface area (Å²) in [4.78, 5) is 25.3. The van der Waals surface area contributed by atoms with Crippen LogP contribution in [0.3, 0.4) is 0 Å². The molecule has 0 saturated carbocycles. The third kappa shape index (κ3) is 7.19. The van der Waals surface area contributed by atoms with Crippen molar-refractivity contribution in [2.75, 3.05) is 0 Å². The van der Waals surface area contributed by atoms with Gasteiger partial charge in [0.1, 0.15) is 11.2 Å². The van der Waals surface area contributed by atoms with Gasteiger partial charge in [0.25, 0.3) is 0 Å². The fourth-order valence-corrected chi connectivity index (χ4v) is 2.39. The van der Waals surface area contributed by atoms with E-state index >= 15 is 0 Å². The number of esters is 2. The van der Waals surface area contributed by atoms with E-state index in [4.69, 9.17) is 9.47 Å². The van der Waals surface area contributed by atoms with Crippen molar-refractivity contribution in [2.24, 2.45) is 5.41 Å². The summed E-state index contributed by atoms with van der Waals surface area (Å²) in [5.41, 5.74) is 0.348. The van der Waals surface area contributed by atoms with Crippen molar-refractivity contribution in [2.45, 2.75) is 86.4 Å². The van der Waals surface area contributed by atoms with Crippen LogP contribution < -0.4 is 0 Å². The summed E-state index contributed by atoms with van der Waals surface area (Å²) in [6.45, 7) is 17.3. The molecule has 0 atom stereocenters. The number of ether oxygens (including phenoxy) is 2. The first-order chi connectivity index (χ1) is 11.6. The molecule has 0 aliphatic rings. The van der Waals surface area contributed by atoms with Crippen LogP contribution in [0.2, 0.25) is 0 Å². The zero-order valence-corrected chi connectivity index (χ0v) is 17.8. The van der Waals surface area contributed by atoms with Crippen LogP contribution in [0.4, 0.5) is 0 Å². The molecule has 0 aliphatic carbocycles. The minimum Gasteiger partial charge on any atom is -0.456 e. The van der Waals surface area contributed by atoms with Gasteiger partial charge < -0.3 is 9.47 Å². The Morgan fingerprint density at radius 1 is 0.808 bits per heavy atom. The second-order valence-electron chi connectivity index (χ2n) is 9.58. The average molecular weight is 363 g/mol. The first kappa shape index (κ1) is 22.2. The van der Waals surface area contributed by atoms with Gasteiger partial charge in [-0.05, 0) is 71.1 Å². The summed E-state index contributed by atoms with van der Waals surface area (Å²) in [6.07, 6.45) is 1.83. The van der Waals surface area contributed by atoms with Gasteiger partial charge in [0, 0.05) is 0 Å². The molecule has 0 saturated heterocycles. The highest BCUT2D eigenvalue weighted by Gasteiger charge is 2.27. The van der Waals surface area contributed by atoms with Gasteiger partial charge in [0.2, 0.25) is 0 Å². The maximum absolute atomic E-state index is 12.7. The van der Waals surface area contributed by atoms with Crippen molar-refractivity contribution in [3.05, 3.63) is 34.9 Å². The third-order valence-corrected chi connectivity index (χ3v) is 3.96. The Balaban J connectivity index is 3.32. The molecule has 1 aromatic rings. The lowest BCUT2D eigenvalue weighted by atomic mass is 9.83. The van der Waals surface area contributed by atoms with Gasteiger partial charge in [0.05, 0.1) is 11.1 Å². The van der Waals surface area contributed by atoms with Crippen LogP contribution in [0.15, 0.2) is 18.2 Å². The van der Waals surface area contributed by atoms with E-state index in [0.717, 1.165) is 18.4 Å². The van der Waals surface area contributed by atoms with Crippen LogP contribution in [-0.4, -0.2) is 23.1 Å². The summed E-state index contributed by atoms with van der Waals surface area (Å²) in [5.74, 6) is -1.02. The lowest BCUT2D eigenvalue weighted by molar-refractivity contribution is 0.00185. The van der Waals surface area contributed by atoms with E-state index < -0.39 is 23.1 Å². The quantitative estimate of drug-likeness (QED) is 0.642. The van der Waals surface area contributed by atoms with Crippen LogP contribution in [0, 0.1) is 5.41 Å². The number of hydrogen-bond donors (Lipinski definition) is 0. The predicted molar refractivity (Wildman–Crippen MR) is 105 cm³/mol. The molecule has 146 valence electrons. The Morgan fingerprint density at radius 3 is 1.69 bits per heavy atom. The Bertz CT molecular complexity index is 658. The Kier molecular flexibility index (Phi) is 6.67. The first-order valence-corrected chi connectivity index (χ1v) is 9.23. The summed E-state index contributed by atoms with van der Waals surface area (Å²) in [5, 5.41) is 0. The van der Waals surface area contributed by atoms with E-state index in [2.05, 4.69) is 20.8 Å². The fourth-order valence-electron chi connectivity index (χ4n) is 2.39. The van der Waals surface area contributed by atoms with E-state index in [1.807, 2.05) is 26.8 Å². The van der Waals surface area contributed by atoms with Gasteiger partial charge in [-0.25, -0.2) is 9.59 Å². The fraction of sp³-hybridized carbons (Fsp3) is 0.636. The third-order valence-electron chi connectivity index (χ3n) is 3.96. The molecule has 26 heavy (non-hydrogen) atoms. The van der Waals surface area contributed by atoms with Gasteiger partial charge in [-0.3, -0.25) is 0 Å². The molecule has 0 radical (unpaired) electrons. The number of benzene rings is 1. The molecule has 0 aliphatic heterocycles. The highest BCUT2D eigenvalue weighted by molar-refractivity contribution is 6.03. The molecule has 4 heteroatoms. The van der Waals surface area contributed by atoms with Crippen molar-refractivity contribution in [3.8, 4) is 0 Å². The van der Waals surface area contributed by atoms with Crippen LogP contribution in [-0.2, 0) is 15.9 Å². The second kappa shape index (κ2) is 7.81. The van der Waals surface area contributed by atoms with Crippen LogP contribution in [0.5, 0.6) is 0 Å². The largest absolute Gasteiger partial charge is 0.456 e. The maximum Gasteiger partial charge on any atom is 0.339 e. The van der Waals surface area contributed by atoms with Gasteiger partial charge in [0.15, 0.2) is 0 Å². The van der Waals surface area contributed by atoms with Crippen molar-refractivity contribution >= 4 is 11.9 Å². The normalized spacial score (nSPS) is 12.7. The Labute approximate surface area is 158 Å². The molecule has 0 unspecified atom stereocenters. The van der Waals surface area contributed by atoms with E-state index in [9.17, 15) is 9.59 Å². The first-order valence-electron chi connectivity index (χ1n) is 9.23. The van der Waals surface area contributed by atoms with Crippen LogP contribution in [0.1, 0.15) is 95.0 Å². The Morgan fingerprint density at radius 2 is 1.27 bits per heavy atom. The maximum atomic E-state index is 12.7. The van der Waals surface area contributed by atoms with Gasteiger partial charge in [-0.2, -0.15) is 0 Å². The van der Waals surface area contributed by atoms with Crippen molar-refractivity contribution in [3.63, 3.8) is 0 Å². The zero-order chi connectivity index (χ0) is 20.3. The molecule has 0 N–H and O–H groups in total. The molecule has 4 nitrogen and oxygen atoms in total. The smallest absolute Gasteiger partial charge is 0.339 e. The molecule has 0 bridgehead atoms. The van der Waals surface area contributed by atoms with Crippen LogP contribution in [0.25, 0.3) is 0 Å². The lowest BCUT2D eigenvalue weighted by Gasteiger charge is -2.25. The molecular weight excluding hydrogens is 328 g/mol. The number of rotatable bonds is 5. The van der Waals surface area contributed by atoms with E-state index in [1.165, 1.54) is 0 Å². The molecule has 0 amide bonds. The lowest BCUT2D eigenvalue weighted by Crippen LogP contribution is -2.28. The second-order valence-corrected chi connectivity index (χ2v) is 9.58. The van der Waals surface area contributed by atoms with Crippen molar-refractivity contribution < 1.29 is 19.1 Å². The molecule has 1 rings (SSSR count). The average Bonchev–Trinajstić information content (AvgIpc) is 2.43. The van der Waals surface area contributed by atoms with E-state index in [0.29, 0.717) is 0 Å². The number of carbonyl (C=O) groups is 2. The van der Waals surface area contributed by atoms with E-state index in [-0.39, 0.29) is 16.5 Å². The predicted octanol–water partition coefficient (Wildman–Crippen LogP) is 5.58. The monoisotopic (exact) mass is 362 g/mol. The highest BCUT2D eigenvalue weighted by Crippen LogP contribution is 2.28. The topological polar surface area (TPSA) is 52.6 Å². The van der Waals surface area contributed by atoms with Crippen molar-refractivity contribution in [1.29, 1.82) is 0 Å². The Hall–Kier alpha value is -1.84. The minimum atomic E-state index is -0.638. The zero-order valence-electron chi connectivity index (χ0n) is 17.8. The van der Waals surface area contributed by atoms with Crippen LogP contribution >= 0.6 is 0 Å². The molecule has 0 heterocycles. The minimum absolute atomic E-state index is 0.110. The molecule has 0 spiro atoms. The standard InChI is InChI=1S/C22H34O4/c1-10-22(8,9)14-15-11-12-16(18(23)25-20(2,3)4)17(13-15)19(24)26-21(5,6)7/h11-13H,10,14H2,1-9H3. The van der Waals surface area contributed by atoms with E-state index in [1.54, 1.807) is 32.9 Å². The number of carbonyl (C=O) groups excluding carboxylic acids is 2. The molecule has 0 fully saturated rings. The molecule has 1 aromatic carbocycles. The summed E-state index contributed by atoms with van der Waals surface area (Å²) >= 11 is 0. The van der Waals surface area contributed by atoms with Gasteiger partial charge >= 0.3 is 11.9 Å². The van der Waals surface area contributed by atoms with Crippen molar-refractivity contribution in [1.82, 2.24) is 0 Å². The summed E-state index contributed by atoms with van der Waals surface area (Å²) in [6, 6.07) is 5.34. The molecule has 0 aromatic heterocycles. The molecular formula is C22H34O4. The summed E-state index contributed by atoms with van der Waals surface area (Å²) in [7, 11) is 0. The van der Waals surface area contributed by atoms with Gasteiger partial charge in [-0.15, -0.1) is 0 Å². The summed E-state index contributed by atoms with van der Waals surface area (Å²) < 4.78 is 11.0. The SMILES string of the molecule is CCC(C)(C)Cc1ccc(C(=O)OC(C)(C)C)c(C(=O)OC(C)(C)C)c1. The highest BCUT2D eigenvalue weighted by atomic mass is 16.6. The number of hydrogen-bond acceptors (Lipinski definition) is 4.